The van der Waals surface area contributed by atoms with Crippen LogP contribution in [-0.2, 0) is 7.05 Å². The Morgan fingerprint density at radius 3 is 2.11 bits per heavy atom. The van der Waals surface area contributed by atoms with Crippen LogP contribution in [0.15, 0.2) is 18.3 Å². The summed E-state index contributed by atoms with van der Waals surface area (Å²) >= 11 is 1.16. The fraction of sp³-hybridized carbons (Fsp3) is 0.200. The molecule has 0 N–H and O–H groups in total. The molecule has 0 aromatic carbocycles. The van der Waals surface area contributed by atoms with Crippen LogP contribution in [0.3, 0.4) is 0 Å². The number of aromatic nitrogens is 1. The van der Waals surface area contributed by atoms with Crippen molar-refractivity contribution in [3.8, 4) is 0 Å². The minimum atomic E-state index is 0. The second-order valence-electron chi connectivity index (χ2n) is 1.50. The van der Waals surface area contributed by atoms with Crippen molar-refractivity contribution >= 4 is 1.21 Å². The topological polar surface area (TPSA) is 4.93 Å². The van der Waals surface area contributed by atoms with Crippen molar-refractivity contribution in [3.05, 3.63) is 18.3 Å². The van der Waals surface area contributed by atoms with Crippen LogP contribution in [0.4, 0.5) is 0 Å². The van der Waals surface area contributed by atoms with Gasteiger partial charge in [-0.1, -0.05) is 0 Å². The Kier molecular flexibility index (Phi) is 8.55. The molecule has 0 saturated carbocycles. The Morgan fingerprint density at radius 2 is 2.00 bits per heavy atom. The van der Waals surface area contributed by atoms with Crippen LogP contribution >= 0.6 is 0 Å². The molecule has 1 nitrogen and oxygen atoms in total. The minimum absolute atomic E-state index is 0. The normalized spacial score (nSPS) is 7.44. The maximum atomic E-state index is 2.15. The molecule has 4 heteroatoms. The van der Waals surface area contributed by atoms with Gasteiger partial charge in [0.05, 0.1) is 0 Å². The first-order valence-corrected chi connectivity index (χ1v) is 3.70. The van der Waals surface area contributed by atoms with Gasteiger partial charge in [0.25, 0.3) is 0 Å². The summed E-state index contributed by atoms with van der Waals surface area (Å²) in [5.74, 6) is 0. The van der Waals surface area contributed by atoms with E-state index in [9.17, 15) is 0 Å². The first kappa shape index (κ1) is 12.9. The van der Waals surface area contributed by atoms with Crippen molar-refractivity contribution < 1.29 is 64.5 Å². The maximum absolute atomic E-state index is 2.15. The van der Waals surface area contributed by atoms with Gasteiger partial charge >= 0.3 is 70.8 Å². The molecule has 1 rings (SSSR count). The number of hydrogen-bond donors (Lipinski definition) is 0. The van der Waals surface area contributed by atoms with E-state index in [1.807, 2.05) is 0 Å². The molecule has 9 heavy (non-hydrogen) atoms. The Morgan fingerprint density at radius 1 is 1.44 bits per heavy atom. The van der Waals surface area contributed by atoms with Gasteiger partial charge in [0.15, 0.2) is 0 Å². The molecule has 0 spiro atoms. The predicted octanol–water partition coefficient (Wildman–Crippen LogP) is -5.79. The fourth-order valence-electron chi connectivity index (χ4n) is 0.461. The SMILES string of the molecule is Cn1ccc[c]1[Ce+2].[Cl-].[Cl-]. The Hall–Kier alpha value is 1.24. The van der Waals surface area contributed by atoms with Gasteiger partial charge < -0.3 is 24.8 Å². The first-order chi connectivity index (χ1) is 3.30. The molecule has 0 aliphatic heterocycles. The molecule has 0 atom stereocenters. The van der Waals surface area contributed by atoms with Gasteiger partial charge in [-0.15, -0.1) is 0 Å². The summed E-state index contributed by atoms with van der Waals surface area (Å²) in [6.45, 7) is 0. The van der Waals surface area contributed by atoms with E-state index in [2.05, 4.69) is 29.9 Å². The summed E-state index contributed by atoms with van der Waals surface area (Å²) in [5.41, 5.74) is 0. The van der Waals surface area contributed by atoms with E-state index in [1.54, 1.807) is 0 Å². The average Bonchev–Trinajstić information content (AvgIpc) is 1.91. The average molecular weight is 291 g/mol. The molecule has 0 saturated heterocycles. The van der Waals surface area contributed by atoms with Gasteiger partial charge in [-0.3, -0.25) is 0 Å². The molecular formula is C5H6CeCl2N. The molecule has 0 fully saturated rings. The van der Waals surface area contributed by atoms with Crippen molar-refractivity contribution in [3.63, 3.8) is 0 Å². The zero-order valence-electron chi connectivity index (χ0n) is 4.94. The number of hydrogen-bond acceptors (Lipinski definition) is 0. The van der Waals surface area contributed by atoms with Crippen LogP contribution in [0.2, 0.25) is 0 Å². The van der Waals surface area contributed by atoms with E-state index in [4.69, 9.17) is 0 Å². The van der Waals surface area contributed by atoms with Crippen LogP contribution < -0.4 is 26.0 Å². The van der Waals surface area contributed by atoms with Crippen molar-refractivity contribution in [2.75, 3.05) is 0 Å². The van der Waals surface area contributed by atoms with Gasteiger partial charge in [-0.2, -0.15) is 0 Å². The fourth-order valence-corrected chi connectivity index (χ4v) is 0.997. The molecular weight excluding hydrogens is 285 g/mol. The van der Waals surface area contributed by atoms with Crippen LogP contribution in [0.25, 0.3) is 0 Å². The van der Waals surface area contributed by atoms with Crippen LogP contribution in [0, 0.1) is 39.6 Å². The zero-order valence-corrected chi connectivity index (χ0v) is 9.59. The summed E-state index contributed by atoms with van der Waals surface area (Å²) < 4.78 is 3.59. The number of nitrogens with zero attached hydrogens (tertiary/aromatic N) is 1. The summed E-state index contributed by atoms with van der Waals surface area (Å²) in [6.07, 6.45) is 2.07. The smallest absolute Gasteiger partial charge is 1.00 e. The molecule has 1 aromatic rings. The maximum Gasteiger partial charge on any atom is -1.00 e. The van der Waals surface area contributed by atoms with E-state index in [0.717, 1.165) is 39.6 Å². The molecule has 0 aliphatic carbocycles. The number of aryl methyl sites for hydroxylation is 1. The molecule has 1 aromatic heterocycles. The standard InChI is InChI=1S/C5H6N.Ce.2ClH/c1-6-4-2-3-5-6;;;/h2-4H,1H3;;2*1H/q;+2;;/p-2. The van der Waals surface area contributed by atoms with E-state index in [1.165, 1.54) is 1.21 Å². The molecule has 1 heterocycles. The van der Waals surface area contributed by atoms with Crippen molar-refractivity contribution in [1.82, 2.24) is 4.57 Å². The van der Waals surface area contributed by atoms with Crippen molar-refractivity contribution in [2.24, 2.45) is 7.05 Å². The van der Waals surface area contributed by atoms with Gasteiger partial charge in [-0.25, -0.2) is 0 Å². The largest absolute Gasteiger partial charge is 1.00 e. The summed E-state index contributed by atoms with van der Waals surface area (Å²) in [6, 6.07) is 4.22. The van der Waals surface area contributed by atoms with Crippen molar-refractivity contribution in [1.29, 1.82) is 0 Å². The van der Waals surface area contributed by atoms with Gasteiger partial charge in [0, 0.05) is 0 Å². The van der Waals surface area contributed by atoms with E-state index in [-0.39, 0.29) is 24.8 Å². The number of halogens is 2. The predicted molar refractivity (Wildman–Crippen MR) is 25.0 cm³/mol. The van der Waals surface area contributed by atoms with E-state index in [0.29, 0.717) is 0 Å². The molecule has 0 radical (unpaired) electrons. The first-order valence-electron chi connectivity index (χ1n) is 2.13. The van der Waals surface area contributed by atoms with Crippen LogP contribution in [0.5, 0.6) is 0 Å². The van der Waals surface area contributed by atoms with Gasteiger partial charge in [0.1, 0.15) is 0 Å². The van der Waals surface area contributed by atoms with E-state index < -0.39 is 0 Å². The summed E-state index contributed by atoms with van der Waals surface area (Å²) in [7, 11) is 2.07. The molecule has 0 unspecified atom stereocenters. The minimum Gasteiger partial charge on any atom is -1.00 e. The molecule has 0 aliphatic rings. The summed E-state index contributed by atoms with van der Waals surface area (Å²) in [4.78, 5) is 0. The van der Waals surface area contributed by atoms with E-state index >= 15 is 0 Å². The molecule has 0 bridgehead atoms. The summed E-state index contributed by atoms with van der Waals surface area (Å²) in [5, 5.41) is 0. The van der Waals surface area contributed by atoms with Crippen LogP contribution in [-0.4, -0.2) is 4.57 Å². The zero-order chi connectivity index (χ0) is 5.28. The number of rotatable bonds is 0. The third kappa shape index (κ3) is 3.83. The van der Waals surface area contributed by atoms with Gasteiger partial charge in [0.2, 0.25) is 0 Å². The quantitative estimate of drug-likeness (QED) is 0.449. The second-order valence-corrected chi connectivity index (χ2v) is 3.11. The molecule has 0 amide bonds. The Labute approximate surface area is 94.3 Å². The molecule has 49 valence electrons. The Bertz CT molecular complexity index is 147. The van der Waals surface area contributed by atoms with Gasteiger partial charge in [-0.05, 0) is 0 Å². The second kappa shape index (κ2) is 5.98. The third-order valence-corrected chi connectivity index (χ3v) is 2.57. The van der Waals surface area contributed by atoms with Crippen LogP contribution in [0.1, 0.15) is 0 Å². The third-order valence-electron chi connectivity index (χ3n) is 0.944. The monoisotopic (exact) mass is 290 g/mol. The van der Waals surface area contributed by atoms with Crippen molar-refractivity contribution in [2.45, 2.75) is 0 Å². The Balaban J connectivity index is 0.